The number of nitrogens with zero attached hydrogens (tertiary/aromatic N) is 1. The van der Waals surface area contributed by atoms with Crippen LogP contribution >= 0.6 is 15.9 Å². The van der Waals surface area contributed by atoms with Crippen LogP contribution in [0, 0.1) is 0 Å². The SMILES string of the molecule is CCOC(=O)CC(=O)N(C)CCc1ccc(Br)cc1. The van der Waals surface area contributed by atoms with E-state index in [1.165, 1.54) is 0 Å². The summed E-state index contributed by atoms with van der Waals surface area (Å²) in [5.74, 6) is -0.682. The zero-order valence-corrected chi connectivity index (χ0v) is 12.8. The zero-order valence-electron chi connectivity index (χ0n) is 11.2. The smallest absolute Gasteiger partial charge is 0.315 e. The molecule has 19 heavy (non-hydrogen) atoms. The number of rotatable bonds is 6. The maximum atomic E-state index is 11.7. The molecule has 0 radical (unpaired) electrons. The summed E-state index contributed by atoms with van der Waals surface area (Å²) in [5, 5.41) is 0. The highest BCUT2D eigenvalue weighted by molar-refractivity contribution is 9.10. The van der Waals surface area contributed by atoms with Crippen LogP contribution in [0.4, 0.5) is 0 Å². The van der Waals surface area contributed by atoms with Crippen molar-refractivity contribution in [3.8, 4) is 0 Å². The molecule has 1 aromatic rings. The van der Waals surface area contributed by atoms with Crippen LogP contribution < -0.4 is 0 Å². The first-order chi connectivity index (χ1) is 9.02. The Morgan fingerprint density at radius 2 is 1.89 bits per heavy atom. The number of hydrogen-bond acceptors (Lipinski definition) is 3. The molecule has 0 heterocycles. The number of halogens is 1. The number of hydrogen-bond donors (Lipinski definition) is 0. The number of amides is 1. The fourth-order valence-corrected chi connectivity index (χ4v) is 1.81. The van der Waals surface area contributed by atoms with Crippen molar-refractivity contribution in [2.24, 2.45) is 0 Å². The Morgan fingerprint density at radius 3 is 2.47 bits per heavy atom. The summed E-state index contributed by atoms with van der Waals surface area (Å²) in [6, 6.07) is 7.95. The van der Waals surface area contributed by atoms with Crippen molar-refractivity contribution in [2.75, 3.05) is 20.2 Å². The number of likely N-dealkylation sites (N-methyl/N-ethyl adjacent to an activating group) is 1. The highest BCUT2D eigenvalue weighted by Gasteiger charge is 2.14. The second-order valence-corrected chi connectivity index (χ2v) is 5.09. The van der Waals surface area contributed by atoms with Crippen molar-refractivity contribution < 1.29 is 14.3 Å². The Hall–Kier alpha value is -1.36. The van der Waals surface area contributed by atoms with Gasteiger partial charge in [-0.2, -0.15) is 0 Å². The van der Waals surface area contributed by atoms with Gasteiger partial charge < -0.3 is 9.64 Å². The molecule has 0 atom stereocenters. The predicted octanol–water partition coefficient (Wildman–Crippen LogP) is 2.40. The van der Waals surface area contributed by atoms with Gasteiger partial charge in [-0.3, -0.25) is 9.59 Å². The Morgan fingerprint density at radius 1 is 1.26 bits per heavy atom. The monoisotopic (exact) mass is 327 g/mol. The van der Waals surface area contributed by atoms with E-state index in [9.17, 15) is 9.59 Å². The average molecular weight is 328 g/mol. The predicted molar refractivity (Wildman–Crippen MR) is 76.7 cm³/mol. The van der Waals surface area contributed by atoms with Crippen LogP contribution in [-0.4, -0.2) is 37.0 Å². The van der Waals surface area contributed by atoms with Crippen molar-refractivity contribution in [3.05, 3.63) is 34.3 Å². The lowest BCUT2D eigenvalue weighted by Crippen LogP contribution is -2.30. The molecule has 0 aliphatic rings. The van der Waals surface area contributed by atoms with E-state index in [1.54, 1.807) is 18.9 Å². The summed E-state index contributed by atoms with van der Waals surface area (Å²) >= 11 is 3.37. The van der Waals surface area contributed by atoms with Gasteiger partial charge in [0.25, 0.3) is 0 Å². The van der Waals surface area contributed by atoms with Gasteiger partial charge in [0, 0.05) is 18.1 Å². The molecule has 0 saturated heterocycles. The van der Waals surface area contributed by atoms with Crippen LogP contribution in [0.25, 0.3) is 0 Å². The van der Waals surface area contributed by atoms with E-state index in [1.807, 2.05) is 24.3 Å². The van der Waals surface area contributed by atoms with Gasteiger partial charge in [-0.15, -0.1) is 0 Å². The third kappa shape index (κ3) is 5.87. The number of carbonyl (C=O) groups is 2. The van der Waals surface area contributed by atoms with Gasteiger partial charge in [-0.1, -0.05) is 28.1 Å². The van der Waals surface area contributed by atoms with Gasteiger partial charge in [0.15, 0.2) is 0 Å². The van der Waals surface area contributed by atoms with Crippen LogP contribution in [0.15, 0.2) is 28.7 Å². The summed E-state index contributed by atoms with van der Waals surface area (Å²) in [5.41, 5.74) is 1.15. The first kappa shape index (κ1) is 15.7. The van der Waals surface area contributed by atoms with Crippen LogP contribution in [0.2, 0.25) is 0 Å². The summed E-state index contributed by atoms with van der Waals surface area (Å²) in [4.78, 5) is 24.5. The average Bonchev–Trinajstić information content (AvgIpc) is 2.37. The topological polar surface area (TPSA) is 46.6 Å². The lowest BCUT2D eigenvalue weighted by molar-refractivity contribution is -0.148. The summed E-state index contributed by atoms with van der Waals surface area (Å²) in [6.45, 7) is 2.61. The van der Waals surface area contributed by atoms with E-state index in [4.69, 9.17) is 4.74 Å². The molecular weight excluding hydrogens is 310 g/mol. The maximum absolute atomic E-state index is 11.7. The molecule has 5 heteroatoms. The highest BCUT2D eigenvalue weighted by Crippen LogP contribution is 2.11. The largest absolute Gasteiger partial charge is 0.466 e. The molecule has 0 saturated carbocycles. The van der Waals surface area contributed by atoms with Crippen LogP contribution in [0.5, 0.6) is 0 Å². The minimum atomic E-state index is -0.469. The molecule has 104 valence electrons. The van der Waals surface area contributed by atoms with Gasteiger partial charge in [0.1, 0.15) is 6.42 Å². The Labute approximate surface area is 121 Å². The van der Waals surface area contributed by atoms with Crippen molar-refractivity contribution in [2.45, 2.75) is 19.8 Å². The molecular formula is C14H18BrNO3. The third-order valence-corrected chi connectivity index (χ3v) is 3.20. The quantitative estimate of drug-likeness (QED) is 0.595. The van der Waals surface area contributed by atoms with E-state index >= 15 is 0 Å². The van der Waals surface area contributed by atoms with E-state index in [0.717, 1.165) is 16.5 Å². The minimum absolute atomic E-state index is 0.190. The normalized spacial score (nSPS) is 10.1. The first-order valence-corrected chi connectivity index (χ1v) is 6.96. The second kappa shape index (κ2) is 7.94. The molecule has 0 fully saturated rings. The fourth-order valence-electron chi connectivity index (χ4n) is 1.54. The van der Waals surface area contributed by atoms with Gasteiger partial charge in [0.05, 0.1) is 6.61 Å². The number of ether oxygens (including phenoxy) is 1. The van der Waals surface area contributed by atoms with Crippen molar-refractivity contribution >= 4 is 27.8 Å². The molecule has 0 bridgehead atoms. The van der Waals surface area contributed by atoms with Gasteiger partial charge in [-0.05, 0) is 31.0 Å². The van der Waals surface area contributed by atoms with Gasteiger partial charge >= 0.3 is 5.97 Å². The molecule has 1 aromatic carbocycles. The van der Waals surface area contributed by atoms with Crippen LogP contribution in [0.1, 0.15) is 18.9 Å². The van der Waals surface area contributed by atoms with E-state index in [2.05, 4.69) is 15.9 Å². The van der Waals surface area contributed by atoms with Crippen molar-refractivity contribution in [3.63, 3.8) is 0 Å². The minimum Gasteiger partial charge on any atom is -0.466 e. The lowest BCUT2D eigenvalue weighted by atomic mass is 10.1. The summed E-state index contributed by atoms with van der Waals surface area (Å²) < 4.78 is 5.78. The summed E-state index contributed by atoms with van der Waals surface area (Å²) in [7, 11) is 1.69. The summed E-state index contributed by atoms with van der Waals surface area (Å²) in [6.07, 6.45) is 0.572. The molecule has 0 aliphatic carbocycles. The molecule has 0 aliphatic heterocycles. The zero-order chi connectivity index (χ0) is 14.3. The Kier molecular flexibility index (Phi) is 6.56. The number of benzene rings is 1. The van der Waals surface area contributed by atoms with Crippen molar-refractivity contribution in [1.29, 1.82) is 0 Å². The maximum Gasteiger partial charge on any atom is 0.315 e. The van der Waals surface area contributed by atoms with E-state index in [0.29, 0.717) is 13.2 Å². The molecule has 0 spiro atoms. The number of esters is 1. The van der Waals surface area contributed by atoms with Gasteiger partial charge in [0.2, 0.25) is 5.91 Å². The lowest BCUT2D eigenvalue weighted by Gasteiger charge is -2.16. The third-order valence-electron chi connectivity index (χ3n) is 2.68. The Balaban J connectivity index is 2.38. The first-order valence-electron chi connectivity index (χ1n) is 6.17. The standard InChI is InChI=1S/C14H18BrNO3/c1-3-19-14(18)10-13(17)16(2)9-8-11-4-6-12(15)7-5-11/h4-7H,3,8-10H2,1-2H3. The van der Waals surface area contributed by atoms with E-state index in [-0.39, 0.29) is 12.3 Å². The van der Waals surface area contributed by atoms with Crippen molar-refractivity contribution in [1.82, 2.24) is 4.90 Å². The molecule has 0 aromatic heterocycles. The molecule has 1 amide bonds. The molecule has 0 N–H and O–H groups in total. The van der Waals surface area contributed by atoms with E-state index < -0.39 is 5.97 Å². The molecule has 1 rings (SSSR count). The Bertz CT molecular complexity index is 431. The van der Waals surface area contributed by atoms with Gasteiger partial charge in [-0.25, -0.2) is 0 Å². The number of carbonyl (C=O) groups excluding carboxylic acids is 2. The van der Waals surface area contributed by atoms with Crippen LogP contribution in [-0.2, 0) is 20.7 Å². The molecule has 0 unspecified atom stereocenters. The fraction of sp³-hybridized carbons (Fsp3) is 0.429. The second-order valence-electron chi connectivity index (χ2n) is 4.17. The molecule has 4 nitrogen and oxygen atoms in total. The highest BCUT2D eigenvalue weighted by atomic mass is 79.9. The van der Waals surface area contributed by atoms with Crippen LogP contribution in [0.3, 0.4) is 0 Å².